The maximum absolute atomic E-state index is 12.8. The van der Waals surface area contributed by atoms with E-state index in [4.69, 9.17) is 13.9 Å². The third-order valence-corrected chi connectivity index (χ3v) is 7.73. The van der Waals surface area contributed by atoms with E-state index < -0.39 is 6.16 Å². The van der Waals surface area contributed by atoms with Crippen molar-refractivity contribution >= 4 is 49.6 Å². The Balaban J connectivity index is 1.38. The number of furan rings is 1. The van der Waals surface area contributed by atoms with Crippen LogP contribution in [0.4, 0.5) is 4.79 Å². The number of hydrogen-bond donors (Lipinski definition) is 0. The molecule has 1 saturated carbocycles. The van der Waals surface area contributed by atoms with Gasteiger partial charge in [-0.1, -0.05) is 69.7 Å². The van der Waals surface area contributed by atoms with E-state index >= 15 is 0 Å². The highest BCUT2D eigenvalue weighted by Crippen LogP contribution is 2.40. The number of hydrogen-bond acceptors (Lipinski definition) is 4. The van der Waals surface area contributed by atoms with Crippen LogP contribution in [0.5, 0.6) is 5.75 Å². The molecule has 0 aliphatic heterocycles. The second-order valence-corrected chi connectivity index (χ2v) is 10.4. The van der Waals surface area contributed by atoms with Crippen LogP contribution in [-0.4, -0.2) is 12.3 Å². The standard InChI is InChI=1S/C31H30O4/c1-18(2)23-13-8-19(3)16-28(23)35-31(32)33-22-12-9-21-11-15-27-30(25(21)17-22)29-24-7-5-4-6-20(24)10-14-26(29)34-27/h4-7,9-12,14-15,17-19,23,28H,8,13,16H2,1-3H3/t19-,23+,28-/m1/s1. The Morgan fingerprint density at radius 1 is 0.886 bits per heavy atom. The molecule has 0 amide bonds. The molecule has 178 valence electrons. The second kappa shape index (κ2) is 8.60. The molecule has 6 rings (SSSR count). The van der Waals surface area contributed by atoms with Crippen molar-refractivity contribution in [1.29, 1.82) is 0 Å². The molecular formula is C31H30O4. The maximum Gasteiger partial charge on any atom is 0.514 e. The van der Waals surface area contributed by atoms with Crippen molar-refractivity contribution in [3.8, 4) is 5.75 Å². The summed E-state index contributed by atoms with van der Waals surface area (Å²) in [4.78, 5) is 12.8. The van der Waals surface area contributed by atoms with Crippen molar-refractivity contribution in [2.24, 2.45) is 17.8 Å². The van der Waals surface area contributed by atoms with Crippen LogP contribution < -0.4 is 4.74 Å². The Morgan fingerprint density at radius 3 is 2.34 bits per heavy atom. The minimum Gasteiger partial charge on any atom is -0.456 e. The molecule has 0 N–H and O–H groups in total. The molecule has 1 aliphatic rings. The van der Waals surface area contributed by atoms with Gasteiger partial charge in [0.25, 0.3) is 0 Å². The Morgan fingerprint density at radius 2 is 1.57 bits per heavy atom. The molecule has 1 aromatic heterocycles. The van der Waals surface area contributed by atoms with Gasteiger partial charge >= 0.3 is 6.16 Å². The van der Waals surface area contributed by atoms with Crippen LogP contribution in [0, 0.1) is 17.8 Å². The van der Waals surface area contributed by atoms with Gasteiger partial charge in [-0.05, 0) is 76.4 Å². The number of rotatable bonds is 3. The Kier molecular flexibility index (Phi) is 5.40. The monoisotopic (exact) mass is 466 g/mol. The fourth-order valence-corrected chi connectivity index (χ4v) is 5.89. The molecule has 0 radical (unpaired) electrons. The van der Waals surface area contributed by atoms with Crippen molar-refractivity contribution in [3.05, 3.63) is 66.7 Å². The third-order valence-electron chi connectivity index (χ3n) is 7.73. The molecule has 0 saturated heterocycles. The van der Waals surface area contributed by atoms with E-state index in [1.54, 1.807) is 0 Å². The van der Waals surface area contributed by atoms with E-state index in [0.717, 1.165) is 56.3 Å². The SMILES string of the molecule is CC(C)[C@@H]1CC[C@@H](C)C[C@H]1OC(=O)Oc1ccc2ccc3oc4ccc5ccccc5c4c3c2c1. The summed E-state index contributed by atoms with van der Waals surface area (Å²) in [7, 11) is 0. The smallest absolute Gasteiger partial charge is 0.456 e. The number of carbonyl (C=O) groups excluding carboxylic acids is 1. The summed E-state index contributed by atoms with van der Waals surface area (Å²) >= 11 is 0. The van der Waals surface area contributed by atoms with Gasteiger partial charge in [-0.15, -0.1) is 0 Å². The lowest BCUT2D eigenvalue weighted by Gasteiger charge is -2.36. The third kappa shape index (κ3) is 3.91. The van der Waals surface area contributed by atoms with E-state index in [2.05, 4.69) is 39.0 Å². The van der Waals surface area contributed by atoms with Gasteiger partial charge < -0.3 is 13.9 Å². The molecule has 0 bridgehead atoms. The number of carbonyl (C=O) groups is 1. The highest BCUT2D eigenvalue weighted by Gasteiger charge is 2.34. The normalized spacial score (nSPS) is 20.7. The van der Waals surface area contributed by atoms with Crippen molar-refractivity contribution < 1.29 is 18.7 Å². The summed E-state index contributed by atoms with van der Waals surface area (Å²) in [5.74, 6) is 1.88. The molecule has 4 nitrogen and oxygen atoms in total. The van der Waals surface area contributed by atoms with Gasteiger partial charge in [0.15, 0.2) is 0 Å². The minimum absolute atomic E-state index is 0.0948. The van der Waals surface area contributed by atoms with E-state index in [-0.39, 0.29) is 6.10 Å². The first-order chi connectivity index (χ1) is 17.0. The van der Waals surface area contributed by atoms with E-state index in [9.17, 15) is 4.79 Å². The van der Waals surface area contributed by atoms with E-state index in [1.807, 2.05) is 48.5 Å². The molecule has 1 aliphatic carbocycles. The summed E-state index contributed by atoms with van der Waals surface area (Å²) in [6, 6.07) is 22.2. The Hall–Kier alpha value is -3.53. The molecule has 1 heterocycles. The van der Waals surface area contributed by atoms with Crippen LogP contribution >= 0.6 is 0 Å². The summed E-state index contributed by atoms with van der Waals surface area (Å²) in [6.07, 6.45) is 2.45. The zero-order valence-corrected chi connectivity index (χ0v) is 20.4. The van der Waals surface area contributed by atoms with Gasteiger partial charge in [-0.25, -0.2) is 4.79 Å². The average molecular weight is 467 g/mol. The van der Waals surface area contributed by atoms with Gasteiger partial charge in [0.1, 0.15) is 23.0 Å². The van der Waals surface area contributed by atoms with Crippen molar-refractivity contribution in [1.82, 2.24) is 0 Å². The zero-order chi connectivity index (χ0) is 24.1. The van der Waals surface area contributed by atoms with Crippen molar-refractivity contribution in [2.75, 3.05) is 0 Å². The van der Waals surface area contributed by atoms with E-state index in [1.165, 1.54) is 6.42 Å². The predicted octanol–water partition coefficient (Wildman–Crippen LogP) is 8.87. The lowest BCUT2D eigenvalue weighted by Crippen LogP contribution is -2.36. The lowest BCUT2D eigenvalue weighted by molar-refractivity contribution is -0.0136. The minimum atomic E-state index is -0.622. The van der Waals surface area contributed by atoms with Crippen LogP contribution in [0.15, 0.2) is 71.1 Å². The maximum atomic E-state index is 12.8. The van der Waals surface area contributed by atoms with Gasteiger partial charge in [0.2, 0.25) is 0 Å². The van der Waals surface area contributed by atoms with Crippen molar-refractivity contribution in [2.45, 2.75) is 46.1 Å². The number of benzene rings is 4. The first-order valence-electron chi connectivity index (χ1n) is 12.6. The molecule has 35 heavy (non-hydrogen) atoms. The Labute approximate surface area is 204 Å². The Bertz CT molecular complexity index is 1560. The number of ether oxygens (including phenoxy) is 2. The van der Waals surface area contributed by atoms with Gasteiger partial charge in [0.05, 0.1) is 0 Å². The molecule has 0 spiro atoms. The van der Waals surface area contributed by atoms with Crippen LogP contribution in [0.1, 0.15) is 40.0 Å². The topological polar surface area (TPSA) is 48.7 Å². The molecule has 0 unspecified atom stereocenters. The lowest BCUT2D eigenvalue weighted by atomic mass is 9.75. The average Bonchev–Trinajstić information content (AvgIpc) is 3.23. The second-order valence-electron chi connectivity index (χ2n) is 10.4. The predicted molar refractivity (Wildman–Crippen MR) is 141 cm³/mol. The summed E-state index contributed by atoms with van der Waals surface area (Å²) in [5.41, 5.74) is 1.67. The van der Waals surface area contributed by atoms with Gasteiger partial charge in [-0.2, -0.15) is 0 Å². The van der Waals surface area contributed by atoms with Crippen LogP contribution in [0.25, 0.3) is 43.5 Å². The van der Waals surface area contributed by atoms with Crippen LogP contribution in [0.2, 0.25) is 0 Å². The van der Waals surface area contributed by atoms with Crippen LogP contribution in [0.3, 0.4) is 0 Å². The van der Waals surface area contributed by atoms with Gasteiger partial charge in [-0.3, -0.25) is 0 Å². The molecule has 3 atom stereocenters. The summed E-state index contributed by atoms with van der Waals surface area (Å²) in [6.45, 7) is 6.64. The highest BCUT2D eigenvalue weighted by molar-refractivity contribution is 6.26. The van der Waals surface area contributed by atoms with Crippen LogP contribution in [-0.2, 0) is 4.74 Å². The molecule has 4 heteroatoms. The first kappa shape index (κ1) is 22.0. The molecule has 1 fully saturated rings. The fourth-order valence-electron chi connectivity index (χ4n) is 5.89. The summed E-state index contributed by atoms with van der Waals surface area (Å²) < 4.78 is 17.8. The van der Waals surface area contributed by atoms with E-state index in [0.29, 0.717) is 23.5 Å². The highest BCUT2D eigenvalue weighted by atomic mass is 16.7. The fraction of sp³-hybridized carbons (Fsp3) is 0.323. The van der Waals surface area contributed by atoms with Crippen molar-refractivity contribution in [3.63, 3.8) is 0 Å². The first-order valence-corrected chi connectivity index (χ1v) is 12.6. The molecular weight excluding hydrogens is 436 g/mol. The molecule has 4 aromatic carbocycles. The number of fused-ring (bicyclic) bond motifs is 7. The quantitative estimate of drug-likeness (QED) is 0.197. The van der Waals surface area contributed by atoms with Gasteiger partial charge in [0, 0.05) is 10.8 Å². The largest absolute Gasteiger partial charge is 0.514 e. The zero-order valence-electron chi connectivity index (χ0n) is 20.4. The molecule has 5 aromatic rings. The summed E-state index contributed by atoms with van der Waals surface area (Å²) in [5, 5.41) is 6.49.